The van der Waals surface area contributed by atoms with Crippen LogP contribution in [0, 0.1) is 28.6 Å². The third-order valence-corrected chi connectivity index (χ3v) is 8.09. The van der Waals surface area contributed by atoms with Crippen molar-refractivity contribution >= 4 is 12.1 Å². The zero-order chi connectivity index (χ0) is 20.3. The van der Waals surface area contributed by atoms with Crippen LogP contribution in [-0.2, 0) is 19.1 Å². The SMILES string of the molecule is CC(C)[C@@]12CC[C@H]([C@@]3(C)CCCC(C)(C)[C@@H]3CC=O)C(=O)[C@@H]1OC(C)(C)O2. The molecule has 0 amide bonds. The monoisotopic (exact) mass is 378 g/mol. The number of ether oxygens (including phenoxy) is 2. The Morgan fingerprint density at radius 2 is 1.78 bits per heavy atom. The molecule has 0 spiro atoms. The Kier molecular flexibility index (Phi) is 5.17. The molecular formula is C23H38O4. The molecule has 3 aliphatic rings. The Bertz CT molecular complexity index is 607. The van der Waals surface area contributed by atoms with Gasteiger partial charge in [-0.1, -0.05) is 41.0 Å². The van der Waals surface area contributed by atoms with Gasteiger partial charge in [0.25, 0.3) is 0 Å². The topological polar surface area (TPSA) is 52.6 Å². The van der Waals surface area contributed by atoms with Crippen LogP contribution in [0.4, 0.5) is 0 Å². The summed E-state index contributed by atoms with van der Waals surface area (Å²) < 4.78 is 12.6. The number of Topliss-reactive ketones (excluding diaryl/α,β-unsaturated/α-hetero) is 1. The summed E-state index contributed by atoms with van der Waals surface area (Å²) in [4.78, 5) is 25.3. The molecule has 2 saturated carbocycles. The van der Waals surface area contributed by atoms with Crippen molar-refractivity contribution in [3.8, 4) is 0 Å². The molecule has 0 aromatic rings. The summed E-state index contributed by atoms with van der Waals surface area (Å²) in [6, 6.07) is 0. The fraction of sp³-hybridized carbons (Fsp3) is 0.913. The van der Waals surface area contributed by atoms with E-state index in [9.17, 15) is 9.59 Å². The highest BCUT2D eigenvalue weighted by atomic mass is 16.8. The summed E-state index contributed by atoms with van der Waals surface area (Å²) in [5.74, 6) is -0.135. The second-order valence-electron chi connectivity index (χ2n) is 10.9. The van der Waals surface area contributed by atoms with Crippen LogP contribution in [0.3, 0.4) is 0 Å². The van der Waals surface area contributed by atoms with Gasteiger partial charge < -0.3 is 14.3 Å². The molecule has 1 heterocycles. The van der Waals surface area contributed by atoms with E-state index in [1.165, 1.54) is 0 Å². The number of carbonyl (C=O) groups is 2. The van der Waals surface area contributed by atoms with Gasteiger partial charge in [0.05, 0.1) is 0 Å². The van der Waals surface area contributed by atoms with Crippen molar-refractivity contribution in [1.82, 2.24) is 0 Å². The highest BCUT2D eigenvalue weighted by molar-refractivity contribution is 5.89. The molecule has 1 aliphatic heterocycles. The van der Waals surface area contributed by atoms with Gasteiger partial charge in [0, 0.05) is 12.3 Å². The minimum absolute atomic E-state index is 0.0589. The number of aldehydes is 1. The van der Waals surface area contributed by atoms with E-state index < -0.39 is 17.5 Å². The van der Waals surface area contributed by atoms with Crippen LogP contribution in [0.1, 0.15) is 87.0 Å². The van der Waals surface area contributed by atoms with Gasteiger partial charge in [0.1, 0.15) is 18.0 Å². The number of ketones is 1. The van der Waals surface area contributed by atoms with Gasteiger partial charge in [-0.25, -0.2) is 0 Å². The summed E-state index contributed by atoms with van der Waals surface area (Å²) in [5, 5.41) is 0. The lowest BCUT2D eigenvalue weighted by Gasteiger charge is -2.56. The zero-order valence-electron chi connectivity index (χ0n) is 18.3. The van der Waals surface area contributed by atoms with Crippen LogP contribution in [0.25, 0.3) is 0 Å². The highest BCUT2D eigenvalue weighted by Crippen LogP contribution is 2.60. The lowest BCUT2D eigenvalue weighted by Crippen LogP contribution is -2.59. The minimum atomic E-state index is -0.728. The maximum atomic E-state index is 13.8. The summed E-state index contributed by atoms with van der Waals surface area (Å²) in [6.07, 6.45) is 6.02. The van der Waals surface area contributed by atoms with Crippen LogP contribution in [0.5, 0.6) is 0 Å². The molecule has 4 heteroatoms. The molecule has 0 aromatic heterocycles. The van der Waals surface area contributed by atoms with E-state index in [2.05, 4.69) is 34.6 Å². The largest absolute Gasteiger partial charge is 0.341 e. The third kappa shape index (κ3) is 3.21. The second kappa shape index (κ2) is 6.66. The molecule has 0 radical (unpaired) electrons. The van der Waals surface area contributed by atoms with Crippen LogP contribution in [-0.4, -0.2) is 29.6 Å². The van der Waals surface area contributed by atoms with Gasteiger partial charge in [-0.05, 0) is 62.2 Å². The Morgan fingerprint density at radius 3 is 2.37 bits per heavy atom. The van der Waals surface area contributed by atoms with E-state index in [0.717, 1.165) is 38.4 Å². The quantitative estimate of drug-likeness (QED) is 0.651. The first-order valence-electron chi connectivity index (χ1n) is 10.7. The van der Waals surface area contributed by atoms with E-state index in [0.29, 0.717) is 6.42 Å². The predicted molar refractivity (Wildman–Crippen MR) is 105 cm³/mol. The Balaban J connectivity index is 1.97. The van der Waals surface area contributed by atoms with Crippen molar-refractivity contribution in [2.45, 2.75) is 104 Å². The van der Waals surface area contributed by atoms with Crippen LogP contribution >= 0.6 is 0 Å². The Labute approximate surface area is 164 Å². The summed E-state index contributed by atoms with van der Waals surface area (Å²) in [6.45, 7) is 14.9. The Morgan fingerprint density at radius 1 is 1.11 bits per heavy atom. The zero-order valence-corrected chi connectivity index (χ0v) is 18.3. The molecule has 1 saturated heterocycles. The van der Waals surface area contributed by atoms with Crippen molar-refractivity contribution in [1.29, 1.82) is 0 Å². The molecule has 3 rings (SSSR count). The van der Waals surface area contributed by atoms with Gasteiger partial charge in [-0.3, -0.25) is 4.79 Å². The first-order chi connectivity index (χ1) is 12.4. The van der Waals surface area contributed by atoms with Crippen LogP contribution in [0.15, 0.2) is 0 Å². The third-order valence-electron chi connectivity index (χ3n) is 8.09. The maximum Gasteiger partial charge on any atom is 0.168 e. The van der Waals surface area contributed by atoms with E-state index >= 15 is 0 Å². The van der Waals surface area contributed by atoms with Crippen LogP contribution < -0.4 is 0 Å². The van der Waals surface area contributed by atoms with Crippen molar-refractivity contribution in [3.05, 3.63) is 0 Å². The summed E-state index contributed by atoms with van der Waals surface area (Å²) >= 11 is 0. The average Bonchev–Trinajstić information content (AvgIpc) is 2.84. The summed E-state index contributed by atoms with van der Waals surface area (Å²) in [7, 11) is 0. The predicted octanol–water partition coefficient (Wildman–Crippen LogP) is 4.93. The number of rotatable bonds is 4. The minimum Gasteiger partial charge on any atom is -0.341 e. The standard InChI is InChI=1S/C23H38O4/c1-15(2)23-13-9-16(18(25)19(23)26-21(5,6)27-23)22(7)12-8-11-20(3,4)17(22)10-14-24/h14-17,19H,8-13H2,1-7H3/t16-,17-,19-,22+,23-/m0/s1. The number of hydrogen-bond acceptors (Lipinski definition) is 4. The normalized spacial score (nSPS) is 43.6. The van der Waals surface area contributed by atoms with E-state index in [1.54, 1.807) is 0 Å². The molecule has 5 atom stereocenters. The van der Waals surface area contributed by atoms with Crippen molar-refractivity contribution in [3.63, 3.8) is 0 Å². The van der Waals surface area contributed by atoms with E-state index in [1.807, 2.05) is 13.8 Å². The Hall–Kier alpha value is -0.740. The van der Waals surface area contributed by atoms with Gasteiger partial charge in [-0.2, -0.15) is 0 Å². The maximum absolute atomic E-state index is 13.8. The molecule has 27 heavy (non-hydrogen) atoms. The molecule has 3 fully saturated rings. The van der Waals surface area contributed by atoms with E-state index in [4.69, 9.17) is 9.47 Å². The number of fused-ring (bicyclic) bond motifs is 1. The fourth-order valence-corrected chi connectivity index (χ4v) is 6.73. The molecule has 154 valence electrons. The van der Waals surface area contributed by atoms with Gasteiger partial charge in [0.2, 0.25) is 0 Å². The van der Waals surface area contributed by atoms with Crippen molar-refractivity contribution in [2.75, 3.05) is 0 Å². The highest BCUT2D eigenvalue weighted by Gasteiger charge is 2.64. The van der Waals surface area contributed by atoms with Gasteiger partial charge >= 0.3 is 0 Å². The van der Waals surface area contributed by atoms with Gasteiger partial charge in [-0.15, -0.1) is 0 Å². The molecule has 0 N–H and O–H groups in total. The molecule has 0 unspecified atom stereocenters. The lowest BCUT2D eigenvalue weighted by atomic mass is 9.48. The molecule has 0 aromatic carbocycles. The van der Waals surface area contributed by atoms with E-state index in [-0.39, 0.29) is 34.4 Å². The molecule has 4 nitrogen and oxygen atoms in total. The van der Waals surface area contributed by atoms with Crippen LogP contribution in [0.2, 0.25) is 0 Å². The fourth-order valence-electron chi connectivity index (χ4n) is 6.73. The number of hydrogen-bond donors (Lipinski definition) is 0. The molecule has 2 aliphatic carbocycles. The van der Waals surface area contributed by atoms with Crippen molar-refractivity contribution < 1.29 is 19.1 Å². The smallest absolute Gasteiger partial charge is 0.168 e. The van der Waals surface area contributed by atoms with Gasteiger partial charge in [0.15, 0.2) is 11.6 Å². The second-order valence-corrected chi connectivity index (χ2v) is 10.9. The first kappa shape index (κ1) is 21.0. The number of carbonyl (C=O) groups excluding carboxylic acids is 2. The first-order valence-corrected chi connectivity index (χ1v) is 10.7. The molecule has 0 bridgehead atoms. The lowest BCUT2D eigenvalue weighted by molar-refractivity contribution is -0.173. The molecular weight excluding hydrogens is 340 g/mol. The van der Waals surface area contributed by atoms with Crippen molar-refractivity contribution in [2.24, 2.45) is 28.6 Å². The summed E-state index contributed by atoms with van der Waals surface area (Å²) in [5.41, 5.74) is -0.593. The average molecular weight is 379 g/mol.